The van der Waals surface area contributed by atoms with E-state index in [9.17, 15) is 17.6 Å². The average molecular weight is 440 g/mol. The number of methoxy groups -OCH3 is 1. The Balaban J connectivity index is 1.48. The summed E-state index contributed by atoms with van der Waals surface area (Å²) in [5.74, 6) is -1.25. The van der Waals surface area contributed by atoms with Crippen LogP contribution in [-0.4, -0.2) is 33.8 Å². The predicted octanol–water partition coefficient (Wildman–Crippen LogP) is 4.79. The summed E-state index contributed by atoms with van der Waals surface area (Å²) in [6.07, 6.45) is 0. The van der Waals surface area contributed by atoms with Crippen LogP contribution in [0.5, 0.6) is 11.5 Å². The molecule has 0 spiro atoms. The van der Waals surface area contributed by atoms with Gasteiger partial charge >= 0.3 is 6.61 Å². The molecule has 7 nitrogen and oxygen atoms in total. The van der Waals surface area contributed by atoms with Crippen molar-refractivity contribution in [2.45, 2.75) is 17.5 Å². The second-order valence-corrected chi connectivity index (χ2v) is 6.83. The Hall–Kier alpha value is -3.28. The number of nitrogens with one attached hydrogen (secondary N) is 1. The van der Waals surface area contributed by atoms with E-state index in [1.165, 1.54) is 37.1 Å². The molecule has 2 heterocycles. The highest BCUT2D eigenvalue weighted by molar-refractivity contribution is 7.98. The number of ether oxygens (including phenoxy) is 2. The van der Waals surface area contributed by atoms with E-state index in [0.717, 1.165) is 12.1 Å². The molecule has 0 atom stereocenters. The first-order chi connectivity index (χ1) is 14.4. The highest BCUT2D eigenvalue weighted by Crippen LogP contribution is 2.33. The number of fused-ring (bicyclic) bond motifs is 1. The maximum atomic E-state index is 13.3. The average Bonchev–Trinajstić information content (AvgIpc) is 3.33. The lowest BCUT2D eigenvalue weighted by Gasteiger charge is -2.10. The quantitative estimate of drug-likeness (QED) is 0.327. The Kier molecular flexibility index (Phi) is 5.48. The molecule has 0 bridgehead atoms. The van der Waals surface area contributed by atoms with Gasteiger partial charge in [-0.05, 0) is 18.2 Å². The third-order valence-electron chi connectivity index (χ3n) is 3.94. The molecule has 0 fully saturated rings. The van der Waals surface area contributed by atoms with Gasteiger partial charge in [0, 0.05) is 17.7 Å². The summed E-state index contributed by atoms with van der Waals surface area (Å²) < 4.78 is 66.1. The third kappa shape index (κ3) is 4.17. The maximum Gasteiger partial charge on any atom is 0.387 e. The summed E-state index contributed by atoms with van der Waals surface area (Å²) in [5, 5.41) is 4.28. The van der Waals surface area contributed by atoms with Gasteiger partial charge in [-0.25, -0.2) is 13.8 Å². The third-order valence-corrected chi connectivity index (χ3v) is 4.80. The molecular formula is C18H12F4N4O3S. The lowest BCUT2D eigenvalue weighted by atomic mass is 10.2. The number of aromatic amines is 1. The van der Waals surface area contributed by atoms with Crippen molar-refractivity contribution in [2.75, 3.05) is 7.11 Å². The van der Waals surface area contributed by atoms with Crippen molar-refractivity contribution in [3.63, 3.8) is 0 Å². The first-order valence-corrected chi connectivity index (χ1v) is 9.35. The molecule has 4 rings (SSSR count). The second kappa shape index (κ2) is 8.22. The number of imidazole rings is 1. The highest BCUT2D eigenvalue weighted by Gasteiger charge is 2.16. The summed E-state index contributed by atoms with van der Waals surface area (Å²) in [6, 6.07) is 6.29. The normalized spacial score (nSPS) is 11.4. The number of nitrogens with zero attached hydrogens (tertiary/aromatic N) is 3. The van der Waals surface area contributed by atoms with Gasteiger partial charge in [0.2, 0.25) is 11.7 Å². The molecule has 1 N–H and O–H groups in total. The standard InChI is InChI=1S/C18H12F4N4O3S/c1-27-14-4-8(2-3-13(14)28-17(21)22)16-25-15(29-26-16)7-30-18-23-11-5-9(19)10(20)6-12(11)24-18/h2-6,17H,7H2,1H3,(H,23,24). The Morgan fingerprint density at radius 3 is 2.67 bits per heavy atom. The number of H-pyrrole nitrogens is 1. The molecule has 0 aliphatic heterocycles. The number of hydrogen-bond acceptors (Lipinski definition) is 7. The molecule has 0 radical (unpaired) electrons. The minimum absolute atomic E-state index is 0.0928. The van der Waals surface area contributed by atoms with E-state index in [2.05, 4.69) is 24.8 Å². The first-order valence-electron chi connectivity index (χ1n) is 8.36. The van der Waals surface area contributed by atoms with E-state index in [1.54, 1.807) is 0 Å². The molecule has 2 aromatic carbocycles. The molecule has 4 aromatic rings. The van der Waals surface area contributed by atoms with Crippen molar-refractivity contribution >= 4 is 22.8 Å². The van der Waals surface area contributed by atoms with Gasteiger partial charge in [-0.3, -0.25) is 0 Å². The first kappa shape index (κ1) is 20.0. The van der Waals surface area contributed by atoms with Gasteiger partial charge in [-0.1, -0.05) is 16.9 Å². The van der Waals surface area contributed by atoms with Crippen molar-refractivity contribution in [1.82, 2.24) is 20.1 Å². The van der Waals surface area contributed by atoms with Crippen LogP contribution in [0.3, 0.4) is 0 Å². The van der Waals surface area contributed by atoms with Crippen LogP contribution >= 0.6 is 11.8 Å². The van der Waals surface area contributed by atoms with Crippen molar-refractivity contribution in [1.29, 1.82) is 0 Å². The zero-order valence-electron chi connectivity index (χ0n) is 15.2. The maximum absolute atomic E-state index is 13.3. The van der Waals surface area contributed by atoms with Gasteiger partial charge < -0.3 is 19.0 Å². The molecule has 0 saturated carbocycles. The van der Waals surface area contributed by atoms with Gasteiger partial charge in [0.15, 0.2) is 28.3 Å². The molecular weight excluding hydrogens is 428 g/mol. The largest absolute Gasteiger partial charge is 0.493 e. The van der Waals surface area contributed by atoms with Crippen LogP contribution in [0, 0.1) is 11.6 Å². The van der Waals surface area contributed by atoms with E-state index >= 15 is 0 Å². The van der Waals surface area contributed by atoms with Crippen LogP contribution in [0.2, 0.25) is 0 Å². The van der Waals surface area contributed by atoms with Crippen LogP contribution in [0.4, 0.5) is 17.6 Å². The van der Waals surface area contributed by atoms with Crippen molar-refractivity contribution in [2.24, 2.45) is 0 Å². The number of aromatic nitrogens is 4. The highest BCUT2D eigenvalue weighted by atomic mass is 32.2. The Morgan fingerprint density at radius 2 is 1.90 bits per heavy atom. The summed E-state index contributed by atoms with van der Waals surface area (Å²) in [6.45, 7) is -2.98. The summed E-state index contributed by atoms with van der Waals surface area (Å²) in [4.78, 5) is 11.3. The molecule has 0 aliphatic carbocycles. The van der Waals surface area contributed by atoms with Gasteiger partial charge in [-0.15, -0.1) is 0 Å². The summed E-state index contributed by atoms with van der Waals surface area (Å²) >= 11 is 1.20. The van der Waals surface area contributed by atoms with E-state index < -0.39 is 18.2 Å². The smallest absolute Gasteiger partial charge is 0.387 e. The Morgan fingerprint density at radius 1 is 1.10 bits per heavy atom. The van der Waals surface area contributed by atoms with Crippen LogP contribution in [0.1, 0.15) is 5.89 Å². The number of benzene rings is 2. The van der Waals surface area contributed by atoms with Crippen LogP contribution in [0.25, 0.3) is 22.4 Å². The van der Waals surface area contributed by atoms with E-state index in [0.29, 0.717) is 21.8 Å². The molecule has 0 unspecified atom stereocenters. The molecule has 2 aromatic heterocycles. The van der Waals surface area contributed by atoms with E-state index in [1.807, 2.05) is 0 Å². The van der Waals surface area contributed by atoms with E-state index in [4.69, 9.17) is 9.26 Å². The minimum atomic E-state index is -2.98. The minimum Gasteiger partial charge on any atom is -0.493 e. The molecule has 0 amide bonds. The van der Waals surface area contributed by atoms with Gasteiger partial charge in [-0.2, -0.15) is 13.8 Å². The van der Waals surface area contributed by atoms with Gasteiger partial charge in [0.25, 0.3) is 0 Å². The predicted molar refractivity (Wildman–Crippen MR) is 98.5 cm³/mol. The number of halogens is 4. The number of alkyl halides is 2. The molecule has 0 saturated heterocycles. The van der Waals surface area contributed by atoms with Crippen LogP contribution in [0.15, 0.2) is 40.0 Å². The fourth-order valence-corrected chi connectivity index (χ4v) is 3.33. The Labute approximate surface area is 170 Å². The number of hydrogen-bond donors (Lipinski definition) is 1. The van der Waals surface area contributed by atoms with Crippen molar-refractivity contribution in [3.8, 4) is 22.9 Å². The fourth-order valence-electron chi connectivity index (χ4n) is 2.61. The molecule has 12 heteroatoms. The lowest BCUT2D eigenvalue weighted by Crippen LogP contribution is -2.03. The topological polar surface area (TPSA) is 86.1 Å². The van der Waals surface area contributed by atoms with Crippen molar-refractivity contribution in [3.05, 3.63) is 47.9 Å². The lowest BCUT2D eigenvalue weighted by molar-refractivity contribution is -0.0512. The number of rotatable bonds is 7. The SMILES string of the molecule is COc1cc(-c2noc(CSc3nc4cc(F)c(F)cc4[nH]3)n2)ccc1OC(F)F. The molecule has 30 heavy (non-hydrogen) atoms. The fraction of sp³-hybridized carbons (Fsp3) is 0.167. The monoisotopic (exact) mass is 440 g/mol. The second-order valence-electron chi connectivity index (χ2n) is 5.87. The molecule has 0 aliphatic rings. The zero-order chi connectivity index (χ0) is 21.3. The summed E-state index contributed by atoms with van der Waals surface area (Å²) in [5.41, 5.74) is 1.13. The zero-order valence-corrected chi connectivity index (χ0v) is 16.0. The Bertz CT molecular complexity index is 1160. The van der Waals surface area contributed by atoms with Crippen molar-refractivity contribution < 1.29 is 31.6 Å². The summed E-state index contributed by atoms with van der Waals surface area (Å²) in [7, 11) is 1.32. The van der Waals surface area contributed by atoms with Crippen LogP contribution < -0.4 is 9.47 Å². The van der Waals surface area contributed by atoms with Crippen LogP contribution in [-0.2, 0) is 5.75 Å². The van der Waals surface area contributed by atoms with Gasteiger partial charge in [0.05, 0.1) is 23.9 Å². The molecule has 156 valence electrons. The number of thioether (sulfide) groups is 1. The van der Waals surface area contributed by atoms with E-state index in [-0.39, 0.29) is 29.0 Å². The van der Waals surface area contributed by atoms with Gasteiger partial charge in [0.1, 0.15) is 0 Å².